The van der Waals surface area contributed by atoms with E-state index in [-0.39, 0.29) is 5.69 Å². The average Bonchev–Trinajstić information content (AvgIpc) is 2.81. The van der Waals surface area contributed by atoms with Gasteiger partial charge in [-0.05, 0) is 12.1 Å². The Morgan fingerprint density at radius 2 is 2.22 bits per heavy atom. The van der Waals surface area contributed by atoms with Gasteiger partial charge in [0.1, 0.15) is 11.3 Å². The predicted molar refractivity (Wildman–Crippen MR) is 66.9 cm³/mol. The van der Waals surface area contributed by atoms with Crippen LogP contribution in [0, 0.1) is 10.1 Å². The second-order valence-corrected chi connectivity index (χ2v) is 3.84. The summed E-state index contributed by atoms with van der Waals surface area (Å²) in [5.74, 6) is 0.505. The van der Waals surface area contributed by atoms with Crippen LogP contribution < -0.4 is 4.74 Å². The molecule has 0 unspecified atom stereocenters. The van der Waals surface area contributed by atoms with Crippen molar-refractivity contribution in [1.82, 2.24) is 4.98 Å². The lowest BCUT2D eigenvalue weighted by molar-refractivity contribution is -0.383. The monoisotopic (exact) mass is 250 g/mol. The summed E-state index contributed by atoms with van der Waals surface area (Å²) in [7, 11) is 1.62. The lowest BCUT2D eigenvalue weighted by Crippen LogP contribution is -2.01. The van der Waals surface area contributed by atoms with Crippen molar-refractivity contribution in [2.45, 2.75) is 6.42 Å². The molecule has 1 N–H and O–H groups in total. The molecule has 2 rings (SSSR count). The van der Waals surface area contributed by atoms with E-state index in [1.165, 1.54) is 6.07 Å². The third kappa shape index (κ3) is 2.60. The van der Waals surface area contributed by atoms with Gasteiger partial charge in [-0.15, -0.1) is 0 Å². The standard InChI is InChI=1S/C12H14N2O4/c1-17-5-2-6-18-10-7-9-3-4-13-12(9)11(8-10)14(15)16/h3-4,7-8,13H,2,5-6H2,1H3. The molecule has 0 fully saturated rings. The normalized spacial score (nSPS) is 10.7. The maximum atomic E-state index is 11.0. The number of rotatable bonds is 6. The fraction of sp³-hybridized carbons (Fsp3) is 0.333. The lowest BCUT2D eigenvalue weighted by Gasteiger charge is -2.06. The Bertz CT molecular complexity index is 550. The Labute approximate surface area is 104 Å². The van der Waals surface area contributed by atoms with Gasteiger partial charge in [-0.25, -0.2) is 0 Å². The molecule has 1 heterocycles. The molecule has 1 aromatic carbocycles. The molecule has 2 aromatic rings. The minimum absolute atomic E-state index is 0.0271. The fourth-order valence-corrected chi connectivity index (χ4v) is 1.75. The van der Waals surface area contributed by atoms with Crippen molar-refractivity contribution in [1.29, 1.82) is 0 Å². The summed E-state index contributed by atoms with van der Waals surface area (Å²) in [5, 5.41) is 11.7. The first-order valence-corrected chi connectivity index (χ1v) is 5.59. The number of fused-ring (bicyclic) bond motifs is 1. The Morgan fingerprint density at radius 3 is 2.94 bits per heavy atom. The Morgan fingerprint density at radius 1 is 1.39 bits per heavy atom. The topological polar surface area (TPSA) is 77.4 Å². The molecule has 0 saturated carbocycles. The third-order valence-electron chi connectivity index (χ3n) is 2.57. The predicted octanol–water partition coefficient (Wildman–Crippen LogP) is 2.49. The van der Waals surface area contributed by atoms with Gasteiger partial charge in [0.05, 0.1) is 17.6 Å². The molecule has 0 radical (unpaired) electrons. The number of ether oxygens (including phenoxy) is 2. The van der Waals surface area contributed by atoms with E-state index in [9.17, 15) is 10.1 Å². The van der Waals surface area contributed by atoms with Gasteiger partial charge in [-0.1, -0.05) is 0 Å². The van der Waals surface area contributed by atoms with Gasteiger partial charge in [0.2, 0.25) is 0 Å². The van der Waals surface area contributed by atoms with Crippen molar-refractivity contribution in [3.63, 3.8) is 0 Å². The third-order valence-corrected chi connectivity index (χ3v) is 2.57. The van der Waals surface area contributed by atoms with Gasteiger partial charge in [-0.2, -0.15) is 0 Å². The molecule has 0 atom stereocenters. The molecule has 1 aromatic heterocycles. The molecule has 0 aliphatic rings. The maximum Gasteiger partial charge on any atom is 0.296 e. The van der Waals surface area contributed by atoms with Crippen LogP contribution in [-0.4, -0.2) is 30.2 Å². The number of non-ortho nitro benzene ring substituents is 1. The first-order chi connectivity index (χ1) is 8.72. The van der Waals surface area contributed by atoms with E-state index < -0.39 is 4.92 Å². The summed E-state index contributed by atoms with van der Waals surface area (Å²) in [6, 6.07) is 5.00. The zero-order valence-electron chi connectivity index (χ0n) is 10.0. The van der Waals surface area contributed by atoms with Crippen LogP contribution in [0.1, 0.15) is 6.42 Å². The molecule has 0 bridgehead atoms. The number of nitrogens with zero attached hydrogens (tertiary/aromatic N) is 1. The van der Waals surface area contributed by atoms with E-state index in [0.29, 0.717) is 24.5 Å². The number of hydrogen-bond acceptors (Lipinski definition) is 4. The van der Waals surface area contributed by atoms with E-state index in [4.69, 9.17) is 9.47 Å². The van der Waals surface area contributed by atoms with Crippen LogP contribution in [0.2, 0.25) is 0 Å². The minimum Gasteiger partial charge on any atom is -0.493 e. The highest BCUT2D eigenvalue weighted by Crippen LogP contribution is 2.29. The van der Waals surface area contributed by atoms with Crippen molar-refractivity contribution >= 4 is 16.6 Å². The van der Waals surface area contributed by atoms with Gasteiger partial charge in [-0.3, -0.25) is 10.1 Å². The zero-order chi connectivity index (χ0) is 13.0. The number of nitro groups is 1. The quantitative estimate of drug-likeness (QED) is 0.485. The Balaban J connectivity index is 2.20. The number of nitrogens with one attached hydrogen (secondary N) is 1. The summed E-state index contributed by atoms with van der Waals surface area (Å²) in [5.41, 5.74) is 0.545. The van der Waals surface area contributed by atoms with Crippen molar-refractivity contribution in [2.24, 2.45) is 0 Å². The molecule has 0 aliphatic heterocycles. The summed E-state index contributed by atoms with van der Waals surface area (Å²) >= 11 is 0. The van der Waals surface area contributed by atoms with Gasteiger partial charge in [0.15, 0.2) is 0 Å². The van der Waals surface area contributed by atoms with Crippen molar-refractivity contribution in [2.75, 3.05) is 20.3 Å². The number of nitro benzene ring substituents is 1. The fourth-order valence-electron chi connectivity index (χ4n) is 1.75. The number of H-pyrrole nitrogens is 1. The second-order valence-electron chi connectivity index (χ2n) is 3.84. The number of hydrogen-bond donors (Lipinski definition) is 1. The highest BCUT2D eigenvalue weighted by molar-refractivity contribution is 5.89. The van der Waals surface area contributed by atoms with E-state index in [1.807, 2.05) is 0 Å². The van der Waals surface area contributed by atoms with Crippen molar-refractivity contribution in [3.8, 4) is 5.75 Å². The van der Waals surface area contributed by atoms with E-state index >= 15 is 0 Å². The summed E-state index contributed by atoms with van der Waals surface area (Å²) in [6.45, 7) is 1.08. The molecule has 18 heavy (non-hydrogen) atoms. The van der Waals surface area contributed by atoms with Gasteiger partial charge in [0, 0.05) is 31.7 Å². The highest BCUT2D eigenvalue weighted by Gasteiger charge is 2.15. The smallest absolute Gasteiger partial charge is 0.296 e. The molecule has 0 amide bonds. The largest absolute Gasteiger partial charge is 0.493 e. The van der Waals surface area contributed by atoms with Gasteiger partial charge in [0.25, 0.3) is 5.69 Å². The SMILES string of the molecule is COCCCOc1cc([N+](=O)[O-])c2[nH]ccc2c1. The summed E-state index contributed by atoms with van der Waals surface area (Å²) in [6.07, 6.45) is 2.42. The molecule has 6 nitrogen and oxygen atoms in total. The lowest BCUT2D eigenvalue weighted by atomic mass is 10.2. The number of aromatic amines is 1. The average molecular weight is 250 g/mol. The van der Waals surface area contributed by atoms with Crippen LogP contribution in [0.5, 0.6) is 5.75 Å². The molecule has 0 saturated heterocycles. The summed E-state index contributed by atoms with van der Waals surface area (Å²) < 4.78 is 10.4. The first-order valence-electron chi connectivity index (χ1n) is 5.59. The van der Waals surface area contributed by atoms with Crippen LogP contribution >= 0.6 is 0 Å². The van der Waals surface area contributed by atoms with Crippen molar-refractivity contribution in [3.05, 3.63) is 34.5 Å². The van der Waals surface area contributed by atoms with E-state index in [0.717, 1.165) is 11.8 Å². The molecule has 6 heteroatoms. The molecule has 0 aliphatic carbocycles. The van der Waals surface area contributed by atoms with Crippen LogP contribution in [-0.2, 0) is 4.74 Å². The van der Waals surface area contributed by atoms with Crippen LogP contribution in [0.25, 0.3) is 10.9 Å². The molecular formula is C12H14N2O4. The van der Waals surface area contributed by atoms with Crippen LogP contribution in [0.15, 0.2) is 24.4 Å². The van der Waals surface area contributed by atoms with Crippen molar-refractivity contribution < 1.29 is 14.4 Å². The Kier molecular flexibility index (Phi) is 3.78. The Hall–Kier alpha value is -2.08. The highest BCUT2D eigenvalue weighted by atomic mass is 16.6. The number of methoxy groups -OCH3 is 1. The summed E-state index contributed by atoms with van der Waals surface area (Å²) in [4.78, 5) is 13.4. The minimum atomic E-state index is -0.416. The number of aromatic nitrogens is 1. The van der Waals surface area contributed by atoms with E-state index in [2.05, 4.69) is 4.98 Å². The maximum absolute atomic E-state index is 11.0. The first kappa shape index (κ1) is 12.4. The van der Waals surface area contributed by atoms with Crippen LogP contribution in [0.3, 0.4) is 0 Å². The van der Waals surface area contributed by atoms with Crippen LogP contribution in [0.4, 0.5) is 5.69 Å². The van der Waals surface area contributed by atoms with Gasteiger partial charge < -0.3 is 14.5 Å². The molecular weight excluding hydrogens is 236 g/mol. The second kappa shape index (κ2) is 5.50. The number of benzene rings is 1. The van der Waals surface area contributed by atoms with E-state index in [1.54, 1.807) is 25.4 Å². The zero-order valence-corrected chi connectivity index (χ0v) is 10.0. The molecule has 96 valence electrons. The molecule has 0 spiro atoms. The van der Waals surface area contributed by atoms with Gasteiger partial charge >= 0.3 is 0 Å².